The fraction of sp³-hybridized carbons (Fsp3) is 0.409. The minimum Gasteiger partial charge on any atom is -0.485 e. The summed E-state index contributed by atoms with van der Waals surface area (Å²) in [5.74, 6) is 0.486. The van der Waals surface area contributed by atoms with Gasteiger partial charge in [-0.1, -0.05) is 0 Å². The summed E-state index contributed by atoms with van der Waals surface area (Å²) < 4.78 is 19.2. The molecule has 146 valence electrons. The molecule has 2 atom stereocenters. The van der Waals surface area contributed by atoms with E-state index in [9.17, 15) is 14.8 Å². The van der Waals surface area contributed by atoms with Crippen LogP contribution < -0.4 is 9.64 Å². The first kappa shape index (κ1) is 18.7. The largest absolute Gasteiger partial charge is 0.485 e. The molecule has 0 spiro atoms. The first-order chi connectivity index (χ1) is 13.4. The summed E-state index contributed by atoms with van der Waals surface area (Å²) in [5.41, 5.74) is 1.70. The number of nitriles is 1. The predicted octanol–water partition coefficient (Wildman–Crippen LogP) is 3.09. The maximum absolute atomic E-state index is 13.2. The monoisotopic (exact) mass is 381 g/mol. The van der Waals surface area contributed by atoms with E-state index in [-0.39, 0.29) is 11.9 Å². The number of nitrogens with zero attached hydrogens (tertiary/aromatic N) is 3. The average Bonchev–Trinajstić information content (AvgIpc) is 2.69. The Morgan fingerprint density at radius 2 is 1.79 bits per heavy atom. The molecule has 2 aromatic carbocycles. The topological polar surface area (TPSA) is 59.7 Å². The second-order valence-corrected chi connectivity index (χ2v) is 7.96. The van der Waals surface area contributed by atoms with Crippen molar-refractivity contribution in [2.24, 2.45) is 0 Å². The summed E-state index contributed by atoms with van der Waals surface area (Å²) in [6, 6.07) is 13.9. The average molecular weight is 381 g/mol. The predicted molar refractivity (Wildman–Crippen MR) is 105 cm³/mol. The van der Waals surface area contributed by atoms with E-state index < -0.39 is 11.7 Å². The van der Waals surface area contributed by atoms with Gasteiger partial charge in [0.1, 0.15) is 23.3 Å². The Morgan fingerprint density at radius 1 is 1.11 bits per heavy atom. The molecule has 2 aromatic rings. The van der Waals surface area contributed by atoms with Crippen molar-refractivity contribution in [1.29, 1.82) is 5.26 Å². The lowest BCUT2D eigenvalue weighted by atomic mass is 9.84. The van der Waals surface area contributed by atoms with E-state index in [0.29, 0.717) is 5.56 Å². The maximum Gasteiger partial charge on any atom is 0.131 e. The van der Waals surface area contributed by atoms with E-state index in [0.717, 1.165) is 43.2 Å². The van der Waals surface area contributed by atoms with Gasteiger partial charge in [0.05, 0.1) is 17.7 Å². The summed E-state index contributed by atoms with van der Waals surface area (Å²) in [7, 11) is 0. The Kier molecular flexibility index (Phi) is 4.74. The summed E-state index contributed by atoms with van der Waals surface area (Å²) in [6.07, 6.45) is -0.716. The van der Waals surface area contributed by atoms with E-state index in [4.69, 9.17) is 4.74 Å². The molecule has 1 fully saturated rings. The van der Waals surface area contributed by atoms with Crippen molar-refractivity contribution in [3.63, 3.8) is 0 Å². The van der Waals surface area contributed by atoms with Crippen LogP contribution in [0.5, 0.6) is 5.75 Å². The number of ether oxygens (including phenoxy) is 1. The zero-order valence-electron chi connectivity index (χ0n) is 16.1. The van der Waals surface area contributed by atoms with Gasteiger partial charge in [-0.05, 0) is 56.3 Å². The molecule has 4 rings (SSSR count). The number of aliphatic hydroxyl groups is 1. The van der Waals surface area contributed by atoms with Crippen LogP contribution in [0.4, 0.5) is 10.1 Å². The van der Waals surface area contributed by atoms with Gasteiger partial charge < -0.3 is 14.7 Å². The molecule has 28 heavy (non-hydrogen) atoms. The Morgan fingerprint density at radius 3 is 2.43 bits per heavy atom. The number of hydrogen-bond donors (Lipinski definition) is 1. The van der Waals surface area contributed by atoms with Crippen LogP contribution in [0, 0.1) is 17.1 Å². The Hall–Kier alpha value is -2.62. The fourth-order valence-corrected chi connectivity index (χ4v) is 4.14. The number of fused-ring (bicyclic) bond motifs is 1. The second kappa shape index (κ2) is 7.08. The summed E-state index contributed by atoms with van der Waals surface area (Å²) >= 11 is 0. The van der Waals surface area contributed by atoms with Crippen molar-refractivity contribution in [1.82, 2.24) is 4.90 Å². The van der Waals surface area contributed by atoms with Crippen LogP contribution in [0.15, 0.2) is 42.5 Å². The number of hydrogen-bond acceptors (Lipinski definition) is 5. The minimum atomic E-state index is -0.722. The van der Waals surface area contributed by atoms with Crippen LogP contribution in [0.25, 0.3) is 0 Å². The molecule has 0 radical (unpaired) electrons. The quantitative estimate of drug-likeness (QED) is 0.866. The summed E-state index contributed by atoms with van der Waals surface area (Å²) in [4.78, 5) is 4.48. The third-order valence-corrected chi connectivity index (χ3v) is 5.74. The fourth-order valence-electron chi connectivity index (χ4n) is 4.14. The van der Waals surface area contributed by atoms with Gasteiger partial charge in [0.15, 0.2) is 0 Å². The van der Waals surface area contributed by atoms with Gasteiger partial charge in [0, 0.05) is 37.4 Å². The molecule has 6 heteroatoms. The van der Waals surface area contributed by atoms with Crippen LogP contribution in [0.2, 0.25) is 0 Å². The highest BCUT2D eigenvalue weighted by Crippen LogP contribution is 2.43. The molecule has 0 aromatic heterocycles. The molecular formula is C22H24FN3O2. The lowest BCUT2D eigenvalue weighted by Gasteiger charge is -2.48. The Labute approximate surface area is 164 Å². The van der Waals surface area contributed by atoms with Crippen molar-refractivity contribution in [2.45, 2.75) is 31.6 Å². The molecule has 2 aliphatic heterocycles. The first-order valence-corrected chi connectivity index (χ1v) is 9.55. The molecule has 2 unspecified atom stereocenters. The van der Waals surface area contributed by atoms with Crippen LogP contribution in [-0.4, -0.2) is 47.9 Å². The SMILES string of the molecule is CC1(C)Oc2ccc(C#N)cc2C(N2CCN(c3ccc(F)cc3)CC2)C1O. The molecule has 2 heterocycles. The van der Waals surface area contributed by atoms with Crippen LogP contribution in [0.3, 0.4) is 0 Å². The zero-order chi connectivity index (χ0) is 19.9. The number of piperazine rings is 1. The number of halogens is 1. The normalized spacial score (nSPS) is 24.2. The van der Waals surface area contributed by atoms with E-state index >= 15 is 0 Å². The van der Waals surface area contributed by atoms with E-state index in [2.05, 4.69) is 15.9 Å². The lowest BCUT2D eigenvalue weighted by molar-refractivity contribution is -0.0942. The Balaban J connectivity index is 1.58. The molecular weight excluding hydrogens is 357 g/mol. The van der Waals surface area contributed by atoms with Crippen LogP contribution in [0.1, 0.15) is 31.0 Å². The third kappa shape index (κ3) is 3.32. The number of rotatable bonds is 2. The zero-order valence-corrected chi connectivity index (χ0v) is 16.1. The highest BCUT2D eigenvalue weighted by molar-refractivity contribution is 5.48. The van der Waals surface area contributed by atoms with Crippen molar-refractivity contribution in [3.05, 3.63) is 59.4 Å². The smallest absolute Gasteiger partial charge is 0.131 e. The highest BCUT2D eigenvalue weighted by atomic mass is 19.1. The van der Waals surface area contributed by atoms with E-state index in [1.54, 1.807) is 18.2 Å². The molecule has 2 aliphatic rings. The molecule has 0 amide bonds. The summed E-state index contributed by atoms with van der Waals surface area (Å²) in [6.45, 7) is 6.85. The maximum atomic E-state index is 13.2. The van der Waals surface area contributed by atoms with Gasteiger partial charge in [-0.25, -0.2) is 4.39 Å². The molecule has 1 saturated heterocycles. The van der Waals surface area contributed by atoms with Gasteiger partial charge in [-0.3, -0.25) is 4.90 Å². The van der Waals surface area contributed by atoms with Gasteiger partial charge >= 0.3 is 0 Å². The standard InChI is InChI=1S/C22H24FN3O2/c1-22(2)21(27)20(18-13-15(14-24)3-8-19(18)28-22)26-11-9-25(10-12-26)17-6-4-16(23)5-7-17/h3-8,13,20-21,27H,9-12H2,1-2H3. The number of benzene rings is 2. The van der Waals surface area contributed by atoms with Gasteiger partial charge in [-0.2, -0.15) is 5.26 Å². The minimum absolute atomic E-state index is 0.234. The highest BCUT2D eigenvalue weighted by Gasteiger charge is 2.45. The Bertz CT molecular complexity index is 899. The molecule has 5 nitrogen and oxygen atoms in total. The molecule has 0 saturated carbocycles. The summed E-state index contributed by atoms with van der Waals surface area (Å²) in [5, 5.41) is 20.4. The first-order valence-electron chi connectivity index (χ1n) is 9.55. The molecule has 0 bridgehead atoms. The third-order valence-electron chi connectivity index (χ3n) is 5.74. The van der Waals surface area contributed by atoms with Crippen molar-refractivity contribution >= 4 is 5.69 Å². The number of aliphatic hydroxyl groups excluding tert-OH is 1. The van der Waals surface area contributed by atoms with Gasteiger partial charge in [-0.15, -0.1) is 0 Å². The second-order valence-electron chi connectivity index (χ2n) is 7.96. The van der Waals surface area contributed by atoms with Gasteiger partial charge in [0.2, 0.25) is 0 Å². The van der Waals surface area contributed by atoms with Gasteiger partial charge in [0.25, 0.3) is 0 Å². The molecule has 1 N–H and O–H groups in total. The van der Waals surface area contributed by atoms with Crippen LogP contribution in [-0.2, 0) is 0 Å². The van der Waals surface area contributed by atoms with E-state index in [1.165, 1.54) is 12.1 Å². The number of anilines is 1. The van der Waals surface area contributed by atoms with Crippen molar-refractivity contribution in [3.8, 4) is 11.8 Å². The van der Waals surface area contributed by atoms with Crippen molar-refractivity contribution < 1.29 is 14.2 Å². The van der Waals surface area contributed by atoms with E-state index in [1.807, 2.05) is 26.0 Å². The van der Waals surface area contributed by atoms with Crippen LogP contribution >= 0.6 is 0 Å². The lowest BCUT2D eigenvalue weighted by Crippen LogP contribution is -2.57. The van der Waals surface area contributed by atoms with Crippen molar-refractivity contribution in [2.75, 3.05) is 31.1 Å². The molecule has 0 aliphatic carbocycles.